The standard InChI is InChI=1S/C17H28O4/c18-16(5-4-15-3-1-2-9-20-15)14-6-10-21-17(13-14)7-11-19-12-8-17/h14-15H,1-13H2. The van der Waals surface area contributed by atoms with Crippen LogP contribution in [0.1, 0.15) is 57.8 Å². The van der Waals surface area contributed by atoms with Crippen LogP contribution in [0.4, 0.5) is 0 Å². The number of Topliss-reactive ketones (excluding diaryl/α,β-unsaturated/α-hetero) is 1. The summed E-state index contributed by atoms with van der Waals surface area (Å²) in [6.45, 7) is 3.16. The second-order valence-electron chi connectivity index (χ2n) is 6.83. The second kappa shape index (κ2) is 7.21. The first kappa shape index (κ1) is 15.4. The van der Waals surface area contributed by atoms with E-state index in [9.17, 15) is 4.79 Å². The Bertz CT molecular complexity index is 337. The van der Waals surface area contributed by atoms with Crippen molar-refractivity contribution in [2.24, 2.45) is 5.92 Å². The molecule has 3 aliphatic heterocycles. The van der Waals surface area contributed by atoms with Crippen molar-refractivity contribution in [2.75, 3.05) is 26.4 Å². The summed E-state index contributed by atoms with van der Waals surface area (Å²) in [5, 5.41) is 0. The van der Waals surface area contributed by atoms with Crippen molar-refractivity contribution in [2.45, 2.75) is 69.5 Å². The average molecular weight is 296 g/mol. The Labute approximate surface area is 127 Å². The Hall–Kier alpha value is -0.450. The summed E-state index contributed by atoms with van der Waals surface area (Å²) in [5.74, 6) is 0.624. The third kappa shape index (κ3) is 4.05. The average Bonchev–Trinajstić information content (AvgIpc) is 2.54. The highest BCUT2D eigenvalue weighted by molar-refractivity contribution is 5.81. The van der Waals surface area contributed by atoms with E-state index >= 15 is 0 Å². The van der Waals surface area contributed by atoms with Gasteiger partial charge in [0.15, 0.2) is 0 Å². The third-order valence-corrected chi connectivity index (χ3v) is 5.34. The molecule has 0 N–H and O–H groups in total. The lowest BCUT2D eigenvalue weighted by Crippen LogP contribution is -2.46. The highest BCUT2D eigenvalue weighted by Gasteiger charge is 2.40. The number of carbonyl (C=O) groups is 1. The predicted octanol–water partition coefficient (Wildman–Crippen LogP) is 2.88. The Morgan fingerprint density at radius 2 is 1.90 bits per heavy atom. The number of ketones is 1. The van der Waals surface area contributed by atoms with E-state index in [1.54, 1.807) is 0 Å². The van der Waals surface area contributed by atoms with Gasteiger partial charge in [-0.1, -0.05) is 0 Å². The van der Waals surface area contributed by atoms with Crippen molar-refractivity contribution in [3.63, 3.8) is 0 Å². The fraction of sp³-hybridized carbons (Fsp3) is 0.941. The van der Waals surface area contributed by atoms with Gasteiger partial charge in [0, 0.05) is 38.8 Å². The lowest BCUT2D eigenvalue weighted by Gasteiger charge is -2.43. The van der Waals surface area contributed by atoms with Crippen molar-refractivity contribution < 1.29 is 19.0 Å². The molecule has 2 atom stereocenters. The van der Waals surface area contributed by atoms with Crippen molar-refractivity contribution >= 4 is 5.78 Å². The molecule has 0 aromatic heterocycles. The van der Waals surface area contributed by atoms with Crippen LogP contribution in [0.3, 0.4) is 0 Å². The van der Waals surface area contributed by atoms with Crippen LogP contribution < -0.4 is 0 Å². The highest BCUT2D eigenvalue weighted by atomic mass is 16.5. The van der Waals surface area contributed by atoms with E-state index in [-0.39, 0.29) is 11.5 Å². The molecule has 120 valence electrons. The maximum absolute atomic E-state index is 12.5. The van der Waals surface area contributed by atoms with Crippen molar-refractivity contribution in [1.82, 2.24) is 0 Å². The first-order chi connectivity index (χ1) is 10.3. The lowest BCUT2D eigenvalue weighted by atomic mass is 9.78. The van der Waals surface area contributed by atoms with Crippen molar-refractivity contribution in [1.29, 1.82) is 0 Å². The van der Waals surface area contributed by atoms with Crippen LogP contribution in [0.25, 0.3) is 0 Å². The molecule has 3 rings (SSSR count). The molecule has 0 aromatic carbocycles. The monoisotopic (exact) mass is 296 g/mol. The fourth-order valence-electron chi connectivity index (χ4n) is 3.94. The van der Waals surface area contributed by atoms with E-state index in [1.807, 2.05) is 0 Å². The van der Waals surface area contributed by atoms with Gasteiger partial charge in [0.05, 0.1) is 11.7 Å². The number of hydrogen-bond donors (Lipinski definition) is 0. The van der Waals surface area contributed by atoms with Crippen LogP contribution in [0.2, 0.25) is 0 Å². The molecule has 1 spiro atoms. The molecule has 3 saturated heterocycles. The smallest absolute Gasteiger partial charge is 0.136 e. The van der Waals surface area contributed by atoms with Gasteiger partial charge in [0.1, 0.15) is 5.78 Å². The molecule has 3 heterocycles. The molecule has 0 bridgehead atoms. The van der Waals surface area contributed by atoms with Crippen LogP contribution in [0.5, 0.6) is 0 Å². The maximum atomic E-state index is 12.5. The largest absolute Gasteiger partial charge is 0.381 e. The molecular formula is C17H28O4. The first-order valence-electron chi connectivity index (χ1n) is 8.63. The molecule has 0 aromatic rings. The molecule has 3 fully saturated rings. The minimum Gasteiger partial charge on any atom is -0.381 e. The van der Waals surface area contributed by atoms with Gasteiger partial charge in [-0.15, -0.1) is 0 Å². The van der Waals surface area contributed by atoms with E-state index in [0.29, 0.717) is 18.3 Å². The molecule has 0 radical (unpaired) electrons. The zero-order valence-electron chi connectivity index (χ0n) is 13.0. The summed E-state index contributed by atoms with van der Waals surface area (Å²) < 4.78 is 17.2. The molecule has 4 nitrogen and oxygen atoms in total. The fourth-order valence-corrected chi connectivity index (χ4v) is 3.94. The molecule has 4 heteroatoms. The van der Waals surface area contributed by atoms with E-state index in [1.165, 1.54) is 12.8 Å². The van der Waals surface area contributed by atoms with Gasteiger partial charge in [-0.25, -0.2) is 0 Å². The summed E-state index contributed by atoms with van der Waals surface area (Å²) in [4.78, 5) is 12.5. The van der Waals surface area contributed by atoms with Gasteiger partial charge in [0.25, 0.3) is 0 Å². The van der Waals surface area contributed by atoms with Crippen LogP contribution in [-0.4, -0.2) is 43.9 Å². The Morgan fingerprint density at radius 3 is 2.67 bits per heavy atom. The number of carbonyl (C=O) groups excluding carboxylic acids is 1. The Balaban J connectivity index is 1.47. The Kier molecular flexibility index (Phi) is 5.30. The summed E-state index contributed by atoms with van der Waals surface area (Å²) in [6, 6.07) is 0. The van der Waals surface area contributed by atoms with E-state index in [2.05, 4.69) is 0 Å². The zero-order valence-corrected chi connectivity index (χ0v) is 13.0. The summed E-state index contributed by atoms with van der Waals surface area (Å²) >= 11 is 0. The molecule has 0 amide bonds. The summed E-state index contributed by atoms with van der Waals surface area (Å²) in [7, 11) is 0. The quantitative estimate of drug-likeness (QED) is 0.800. The summed E-state index contributed by atoms with van der Waals surface area (Å²) in [6.07, 6.45) is 9.16. The minimum atomic E-state index is -0.0713. The van der Waals surface area contributed by atoms with Crippen LogP contribution in [0, 0.1) is 5.92 Å². The molecule has 0 aliphatic carbocycles. The zero-order chi connectivity index (χ0) is 14.5. The summed E-state index contributed by atoms with van der Waals surface area (Å²) in [5.41, 5.74) is -0.0713. The minimum absolute atomic E-state index is 0.0713. The van der Waals surface area contributed by atoms with Crippen LogP contribution in [-0.2, 0) is 19.0 Å². The maximum Gasteiger partial charge on any atom is 0.136 e. The number of hydrogen-bond acceptors (Lipinski definition) is 4. The van der Waals surface area contributed by atoms with Gasteiger partial charge < -0.3 is 14.2 Å². The predicted molar refractivity (Wildman–Crippen MR) is 79.3 cm³/mol. The first-order valence-corrected chi connectivity index (χ1v) is 8.63. The van der Waals surface area contributed by atoms with Crippen LogP contribution in [0.15, 0.2) is 0 Å². The van der Waals surface area contributed by atoms with E-state index in [0.717, 1.165) is 65.0 Å². The molecule has 2 unspecified atom stereocenters. The van der Waals surface area contributed by atoms with Gasteiger partial charge >= 0.3 is 0 Å². The normalized spacial score (nSPS) is 33.0. The molecular weight excluding hydrogens is 268 g/mol. The lowest BCUT2D eigenvalue weighted by molar-refractivity contribution is -0.157. The van der Waals surface area contributed by atoms with Gasteiger partial charge in [-0.2, -0.15) is 0 Å². The van der Waals surface area contributed by atoms with E-state index < -0.39 is 0 Å². The molecule has 3 aliphatic rings. The van der Waals surface area contributed by atoms with E-state index in [4.69, 9.17) is 14.2 Å². The third-order valence-electron chi connectivity index (χ3n) is 5.34. The van der Waals surface area contributed by atoms with Gasteiger partial charge in [-0.05, 0) is 51.4 Å². The van der Waals surface area contributed by atoms with Crippen LogP contribution >= 0.6 is 0 Å². The second-order valence-corrected chi connectivity index (χ2v) is 6.83. The SMILES string of the molecule is O=C(CCC1CCCCO1)C1CCOC2(CCOCC2)C1. The van der Waals surface area contributed by atoms with Gasteiger partial charge in [-0.3, -0.25) is 4.79 Å². The molecule has 0 saturated carbocycles. The number of ether oxygens (including phenoxy) is 3. The highest BCUT2D eigenvalue weighted by Crippen LogP contribution is 2.38. The topological polar surface area (TPSA) is 44.8 Å². The van der Waals surface area contributed by atoms with Crippen molar-refractivity contribution in [3.8, 4) is 0 Å². The van der Waals surface area contributed by atoms with Crippen molar-refractivity contribution in [3.05, 3.63) is 0 Å². The Morgan fingerprint density at radius 1 is 1.05 bits per heavy atom. The van der Waals surface area contributed by atoms with Gasteiger partial charge in [0.2, 0.25) is 0 Å². The number of rotatable bonds is 4. The molecule has 21 heavy (non-hydrogen) atoms.